The van der Waals surface area contributed by atoms with Gasteiger partial charge in [0.1, 0.15) is 28.5 Å². The zero-order chi connectivity index (χ0) is 19.9. The highest BCUT2D eigenvalue weighted by Gasteiger charge is 2.17. The number of nitrogens with one attached hydrogen (secondary N) is 1. The topological polar surface area (TPSA) is 51.7 Å². The number of anilines is 1. The molecule has 0 aliphatic heterocycles. The van der Waals surface area contributed by atoms with Crippen molar-refractivity contribution < 1.29 is 9.15 Å². The van der Waals surface area contributed by atoms with Crippen molar-refractivity contribution in [2.24, 2.45) is 0 Å². The first-order valence-corrected chi connectivity index (χ1v) is 11.7. The highest BCUT2D eigenvalue weighted by Crippen LogP contribution is 2.35. The summed E-state index contributed by atoms with van der Waals surface area (Å²) >= 11 is 0. The summed E-state index contributed by atoms with van der Waals surface area (Å²) in [6, 6.07) is 11.8. The Kier molecular flexibility index (Phi) is 4.48. The van der Waals surface area contributed by atoms with E-state index >= 15 is 0 Å². The lowest BCUT2D eigenvalue weighted by molar-refractivity contribution is 0.415. The van der Waals surface area contributed by atoms with E-state index < -0.39 is 10.0 Å². The average Bonchev–Trinajstić information content (AvgIpc) is 3.25. The number of fused-ring (bicyclic) bond motifs is 2. The van der Waals surface area contributed by atoms with E-state index in [1.165, 1.54) is 0 Å². The molecule has 6 heteroatoms. The predicted molar refractivity (Wildman–Crippen MR) is 119 cm³/mol. The highest BCUT2D eigenvalue weighted by molar-refractivity contribution is 8.35. The molecule has 0 spiro atoms. The molecule has 0 atom stereocenters. The van der Waals surface area contributed by atoms with Crippen LogP contribution >= 0.6 is 10.0 Å². The van der Waals surface area contributed by atoms with Gasteiger partial charge < -0.3 is 14.5 Å². The number of aromatic nitrogens is 2. The standard InChI is InChI=1S/C22H23N3O2S/c1-23-22-21(19-14-16-13-17(26-2)6-7-18(16)27-19)24-20-12-15(8-10-25(20)22)9-11-28(3,4)5/h6-8,10,12-14,23H,1-5H3. The van der Waals surface area contributed by atoms with Gasteiger partial charge in [0.2, 0.25) is 0 Å². The minimum Gasteiger partial charge on any atom is -0.497 e. The van der Waals surface area contributed by atoms with Gasteiger partial charge in [0, 0.05) is 24.2 Å². The predicted octanol–water partition coefficient (Wildman–Crippen LogP) is 4.80. The van der Waals surface area contributed by atoms with E-state index in [9.17, 15) is 0 Å². The third-order valence-electron chi connectivity index (χ3n) is 4.32. The molecular weight excluding hydrogens is 370 g/mol. The molecule has 4 aromatic rings. The van der Waals surface area contributed by atoms with Crippen LogP contribution < -0.4 is 10.1 Å². The summed E-state index contributed by atoms with van der Waals surface area (Å²) < 4.78 is 13.4. The molecule has 0 aliphatic carbocycles. The van der Waals surface area contributed by atoms with E-state index in [1.807, 2.05) is 54.0 Å². The van der Waals surface area contributed by atoms with Crippen molar-refractivity contribution in [3.63, 3.8) is 0 Å². The van der Waals surface area contributed by atoms with Gasteiger partial charge in [0.15, 0.2) is 5.76 Å². The molecule has 1 N–H and O–H groups in total. The Bertz CT molecular complexity index is 1240. The quantitative estimate of drug-likeness (QED) is 0.508. The Morgan fingerprint density at radius 3 is 2.68 bits per heavy atom. The van der Waals surface area contributed by atoms with Gasteiger partial charge in [0.05, 0.1) is 7.11 Å². The van der Waals surface area contributed by atoms with Crippen molar-refractivity contribution in [2.45, 2.75) is 0 Å². The number of pyridine rings is 1. The van der Waals surface area contributed by atoms with E-state index in [1.54, 1.807) is 7.11 Å². The summed E-state index contributed by atoms with van der Waals surface area (Å²) in [6.45, 7) is 0. The van der Waals surface area contributed by atoms with Gasteiger partial charge in [-0.3, -0.25) is 4.40 Å². The Hall–Kier alpha value is -3.04. The number of furan rings is 1. The highest BCUT2D eigenvalue weighted by atomic mass is 32.3. The fourth-order valence-electron chi connectivity index (χ4n) is 3.01. The lowest BCUT2D eigenvalue weighted by Crippen LogP contribution is -1.95. The fraction of sp³-hybridized carbons (Fsp3) is 0.227. The molecule has 0 unspecified atom stereocenters. The second-order valence-corrected chi connectivity index (χ2v) is 11.2. The zero-order valence-corrected chi connectivity index (χ0v) is 17.5. The lowest BCUT2D eigenvalue weighted by Gasteiger charge is -2.14. The second-order valence-electron chi connectivity index (χ2n) is 7.28. The molecule has 0 saturated carbocycles. The molecule has 0 radical (unpaired) electrons. The molecule has 0 saturated heterocycles. The van der Waals surface area contributed by atoms with Gasteiger partial charge in [-0.25, -0.2) is 4.98 Å². The van der Waals surface area contributed by atoms with Crippen LogP contribution in [-0.4, -0.2) is 42.3 Å². The number of rotatable bonds is 3. The number of nitrogens with zero attached hydrogens (tertiary/aromatic N) is 2. The van der Waals surface area contributed by atoms with Crippen LogP contribution in [0.25, 0.3) is 28.1 Å². The van der Waals surface area contributed by atoms with Crippen molar-refractivity contribution >= 4 is 32.5 Å². The maximum absolute atomic E-state index is 6.05. The van der Waals surface area contributed by atoms with Crippen LogP contribution in [-0.2, 0) is 0 Å². The van der Waals surface area contributed by atoms with Gasteiger partial charge in [-0.2, -0.15) is 10.0 Å². The number of ether oxygens (including phenoxy) is 1. The summed E-state index contributed by atoms with van der Waals surface area (Å²) in [5.41, 5.74) is 3.36. The van der Waals surface area contributed by atoms with E-state index in [-0.39, 0.29) is 0 Å². The van der Waals surface area contributed by atoms with Crippen LogP contribution in [0.15, 0.2) is 47.0 Å². The second kappa shape index (κ2) is 6.84. The Morgan fingerprint density at radius 1 is 1.14 bits per heavy atom. The average molecular weight is 394 g/mol. The SMILES string of the molecule is CNc1c(-c2cc3cc(OC)ccc3o2)nc2cc(C#CS(C)(C)C)ccn12. The molecule has 3 aromatic heterocycles. The van der Waals surface area contributed by atoms with Crippen molar-refractivity contribution in [1.82, 2.24) is 9.38 Å². The van der Waals surface area contributed by atoms with Crippen LogP contribution in [0.5, 0.6) is 5.75 Å². The normalized spacial score (nSPS) is 12.0. The van der Waals surface area contributed by atoms with Crippen LogP contribution in [0, 0.1) is 11.2 Å². The van der Waals surface area contributed by atoms with Crippen LogP contribution in [0.2, 0.25) is 0 Å². The lowest BCUT2D eigenvalue weighted by atomic mass is 10.2. The van der Waals surface area contributed by atoms with Gasteiger partial charge >= 0.3 is 0 Å². The first-order valence-electron chi connectivity index (χ1n) is 8.87. The zero-order valence-electron chi connectivity index (χ0n) is 16.7. The van der Waals surface area contributed by atoms with Gasteiger partial charge in [-0.15, -0.1) is 0 Å². The largest absolute Gasteiger partial charge is 0.497 e. The van der Waals surface area contributed by atoms with E-state index in [0.29, 0.717) is 5.76 Å². The molecule has 4 rings (SSSR count). The first-order chi connectivity index (χ1) is 13.4. The third kappa shape index (κ3) is 3.41. The minimum atomic E-state index is -0.873. The fourth-order valence-corrected chi connectivity index (χ4v) is 3.43. The molecule has 0 amide bonds. The summed E-state index contributed by atoms with van der Waals surface area (Å²) in [5.74, 6) is 5.66. The number of hydrogen-bond acceptors (Lipinski definition) is 4. The van der Waals surface area contributed by atoms with Gasteiger partial charge in [-0.05, 0) is 60.4 Å². The molecular formula is C22H23N3O2S. The third-order valence-corrected chi connectivity index (χ3v) is 5.04. The summed E-state index contributed by atoms with van der Waals surface area (Å²) in [4.78, 5) is 4.81. The van der Waals surface area contributed by atoms with E-state index in [4.69, 9.17) is 14.1 Å². The maximum atomic E-state index is 6.05. The number of hydrogen-bond donors (Lipinski definition) is 1. The van der Waals surface area contributed by atoms with Crippen molar-refractivity contribution in [1.29, 1.82) is 0 Å². The maximum Gasteiger partial charge on any atom is 0.157 e. The van der Waals surface area contributed by atoms with Crippen LogP contribution in [0.4, 0.5) is 5.82 Å². The van der Waals surface area contributed by atoms with Crippen LogP contribution in [0.3, 0.4) is 0 Å². The number of benzene rings is 1. The van der Waals surface area contributed by atoms with Gasteiger partial charge in [0.25, 0.3) is 0 Å². The van der Waals surface area contributed by atoms with E-state index in [0.717, 1.165) is 39.4 Å². The van der Waals surface area contributed by atoms with Crippen molar-refractivity contribution in [3.8, 4) is 28.4 Å². The van der Waals surface area contributed by atoms with Crippen LogP contribution in [0.1, 0.15) is 5.56 Å². The Balaban J connectivity index is 1.83. The summed E-state index contributed by atoms with van der Waals surface area (Å²) in [7, 11) is 2.67. The summed E-state index contributed by atoms with van der Waals surface area (Å²) in [5, 5.41) is 7.57. The van der Waals surface area contributed by atoms with E-state index in [2.05, 4.69) is 35.3 Å². The smallest absolute Gasteiger partial charge is 0.157 e. The molecule has 0 bridgehead atoms. The molecule has 3 heterocycles. The molecule has 0 aliphatic rings. The first kappa shape index (κ1) is 18.3. The van der Waals surface area contributed by atoms with Crippen molar-refractivity contribution in [3.05, 3.63) is 48.2 Å². The Morgan fingerprint density at radius 2 is 1.96 bits per heavy atom. The molecule has 0 fully saturated rings. The van der Waals surface area contributed by atoms with Gasteiger partial charge in [-0.1, -0.05) is 5.92 Å². The minimum absolute atomic E-state index is 0.711. The number of methoxy groups -OCH3 is 1. The molecule has 1 aromatic carbocycles. The monoisotopic (exact) mass is 393 g/mol. The summed E-state index contributed by atoms with van der Waals surface area (Å²) in [6.07, 6.45) is 8.54. The number of imidazole rings is 1. The molecule has 5 nitrogen and oxygen atoms in total. The Labute approximate surface area is 166 Å². The molecule has 28 heavy (non-hydrogen) atoms. The van der Waals surface area contributed by atoms with Crippen molar-refractivity contribution in [2.75, 3.05) is 38.2 Å². The molecule has 144 valence electrons.